The topological polar surface area (TPSA) is 25.8 Å². The van der Waals surface area contributed by atoms with E-state index in [1.807, 2.05) is 0 Å². The molecule has 0 N–H and O–H groups in total. The van der Waals surface area contributed by atoms with Gasteiger partial charge in [0.2, 0.25) is 0 Å². The van der Waals surface area contributed by atoms with Crippen molar-refractivity contribution in [2.45, 2.75) is 0 Å². The minimum atomic E-state index is 0.685. The SMILES string of the molecule is [B]c1c2nc(I)sc2c([B])c2nc(P)sc12. The van der Waals surface area contributed by atoms with E-state index < -0.39 is 0 Å². The zero-order chi connectivity index (χ0) is 11.4. The first-order chi connectivity index (χ1) is 7.58. The smallest absolute Gasteiger partial charge is 0.155 e. The number of fused-ring (bicyclic) bond motifs is 2. The Balaban J connectivity index is 2.63. The Bertz CT molecular complexity index is 609. The second kappa shape index (κ2) is 3.90. The molecule has 2 nitrogen and oxygen atoms in total. The molecule has 8 heteroatoms. The minimum absolute atomic E-state index is 0.685. The quantitative estimate of drug-likeness (QED) is 0.329. The lowest BCUT2D eigenvalue weighted by Crippen LogP contribution is -2.14. The largest absolute Gasteiger partial charge is 0.238 e. The first-order valence-corrected chi connectivity index (χ1v) is 7.56. The van der Waals surface area contributed by atoms with Crippen molar-refractivity contribution in [3.63, 3.8) is 0 Å². The molecule has 4 radical (unpaired) electrons. The molecule has 16 heavy (non-hydrogen) atoms. The highest BCUT2D eigenvalue weighted by atomic mass is 127. The van der Waals surface area contributed by atoms with Crippen molar-refractivity contribution in [3.05, 3.63) is 3.01 Å². The second-order valence-electron chi connectivity index (χ2n) is 3.20. The third-order valence-corrected chi connectivity index (χ3v) is 5.42. The Hall–Kier alpha value is 0.290. The molecule has 3 aromatic rings. The number of hydrogen-bond donors (Lipinski definition) is 0. The van der Waals surface area contributed by atoms with Crippen LogP contribution in [-0.2, 0) is 0 Å². The molecule has 1 atom stereocenters. The van der Waals surface area contributed by atoms with Gasteiger partial charge in [0.05, 0.1) is 11.0 Å². The fourth-order valence-electron chi connectivity index (χ4n) is 1.58. The molecular weight excluding hydrogens is 368 g/mol. The van der Waals surface area contributed by atoms with Crippen LogP contribution in [-0.4, -0.2) is 25.7 Å². The molecule has 74 valence electrons. The maximum Gasteiger partial charge on any atom is 0.155 e. The Kier molecular flexibility index (Phi) is 2.78. The van der Waals surface area contributed by atoms with Crippen molar-refractivity contribution in [3.8, 4) is 0 Å². The summed E-state index contributed by atoms with van der Waals surface area (Å²) in [5.41, 5.74) is 2.96. The number of aromatic nitrogens is 2. The predicted molar refractivity (Wildman–Crippen MR) is 85.6 cm³/mol. The summed E-state index contributed by atoms with van der Waals surface area (Å²) in [5, 5.41) is 0. The number of hydrogen-bond acceptors (Lipinski definition) is 4. The second-order valence-corrected chi connectivity index (χ2v) is 7.95. The summed E-state index contributed by atoms with van der Waals surface area (Å²) in [7, 11) is 14.8. The van der Waals surface area contributed by atoms with Crippen LogP contribution < -0.4 is 15.7 Å². The number of nitrogens with zero attached hydrogens (tertiary/aromatic N) is 2. The maximum atomic E-state index is 6.10. The van der Waals surface area contributed by atoms with Gasteiger partial charge in [-0.25, -0.2) is 9.97 Å². The van der Waals surface area contributed by atoms with Crippen LogP contribution in [0.15, 0.2) is 0 Å². The highest BCUT2D eigenvalue weighted by Crippen LogP contribution is 2.25. The molecule has 0 fully saturated rings. The highest BCUT2D eigenvalue weighted by Gasteiger charge is 2.14. The van der Waals surface area contributed by atoms with E-state index in [1.165, 1.54) is 11.3 Å². The Morgan fingerprint density at radius 2 is 1.56 bits per heavy atom. The third-order valence-electron chi connectivity index (χ3n) is 2.24. The van der Waals surface area contributed by atoms with E-state index >= 15 is 0 Å². The lowest BCUT2D eigenvalue weighted by Gasteiger charge is -2.01. The van der Waals surface area contributed by atoms with E-state index in [0.717, 1.165) is 28.2 Å². The van der Waals surface area contributed by atoms with E-state index in [-0.39, 0.29) is 0 Å². The molecule has 2 aromatic heterocycles. The molecule has 0 aliphatic rings. The fourth-order valence-corrected chi connectivity index (χ4v) is 4.53. The van der Waals surface area contributed by atoms with Gasteiger partial charge in [-0.1, -0.05) is 20.2 Å². The van der Waals surface area contributed by atoms with Gasteiger partial charge in [0.25, 0.3) is 0 Å². The van der Waals surface area contributed by atoms with Crippen molar-refractivity contribution in [1.29, 1.82) is 0 Å². The van der Waals surface area contributed by atoms with E-state index in [0.29, 0.717) is 10.9 Å². The van der Waals surface area contributed by atoms with Crippen molar-refractivity contribution >= 4 is 106 Å². The van der Waals surface area contributed by atoms with Gasteiger partial charge in [-0.05, 0) is 22.6 Å². The zero-order valence-corrected chi connectivity index (χ0v) is 12.8. The summed E-state index contributed by atoms with van der Waals surface area (Å²) in [6.45, 7) is 0. The molecule has 0 aliphatic heterocycles. The van der Waals surface area contributed by atoms with E-state index in [4.69, 9.17) is 15.7 Å². The van der Waals surface area contributed by atoms with Gasteiger partial charge in [0.15, 0.2) is 3.01 Å². The average Bonchev–Trinajstić information content (AvgIpc) is 2.78. The Labute approximate surface area is 118 Å². The van der Waals surface area contributed by atoms with Gasteiger partial charge in [-0.2, -0.15) is 0 Å². The van der Waals surface area contributed by atoms with Crippen LogP contribution in [0.3, 0.4) is 0 Å². The monoisotopic (exact) mass is 370 g/mol. The standard InChI is InChI=1S/C8H2B2IN2PS2/c9-1-3-5(15-7(11)12-3)2(10)4-6(1)16-8(14)13-4/h14H2. The number of halogens is 1. The number of thiazole rings is 2. The van der Waals surface area contributed by atoms with Crippen LogP contribution >= 0.6 is 54.5 Å². The van der Waals surface area contributed by atoms with Crippen LogP contribution in [0.1, 0.15) is 0 Å². The molecule has 0 saturated heterocycles. The molecule has 0 amide bonds. The normalized spacial score (nSPS) is 11.6. The van der Waals surface area contributed by atoms with Gasteiger partial charge in [0, 0.05) is 9.40 Å². The number of benzene rings is 1. The van der Waals surface area contributed by atoms with Gasteiger partial charge in [-0.15, -0.1) is 22.7 Å². The van der Waals surface area contributed by atoms with Crippen LogP contribution in [0.4, 0.5) is 0 Å². The molecule has 1 aromatic carbocycles. The Morgan fingerprint density at radius 3 is 2.25 bits per heavy atom. The highest BCUT2D eigenvalue weighted by molar-refractivity contribution is 14.1. The van der Waals surface area contributed by atoms with Gasteiger partial charge >= 0.3 is 0 Å². The van der Waals surface area contributed by atoms with Gasteiger partial charge in [-0.3, -0.25) is 0 Å². The van der Waals surface area contributed by atoms with Crippen molar-refractivity contribution < 1.29 is 0 Å². The van der Waals surface area contributed by atoms with Crippen LogP contribution in [0, 0.1) is 3.01 Å². The summed E-state index contributed by atoms with van der Waals surface area (Å²) in [6.07, 6.45) is 0. The summed E-state index contributed by atoms with van der Waals surface area (Å²) >= 11 is 5.24. The van der Waals surface area contributed by atoms with Crippen molar-refractivity contribution in [1.82, 2.24) is 9.97 Å². The summed E-state index contributed by atoms with van der Waals surface area (Å²) in [4.78, 5) is 8.79. The fraction of sp³-hybridized carbons (Fsp3) is 0. The minimum Gasteiger partial charge on any atom is -0.238 e. The number of rotatable bonds is 0. The lowest BCUT2D eigenvalue weighted by atomic mass is 9.87. The average molecular weight is 370 g/mol. The molecule has 0 bridgehead atoms. The first kappa shape index (κ1) is 11.4. The molecule has 1 unspecified atom stereocenters. The van der Waals surface area contributed by atoms with Crippen LogP contribution in [0.2, 0.25) is 0 Å². The molecule has 2 heterocycles. The molecule has 0 saturated carbocycles. The molecule has 3 rings (SSSR count). The Morgan fingerprint density at radius 1 is 1.00 bits per heavy atom. The van der Waals surface area contributed by atoms with E-state index in [9.17, 15) is 0 Å². The zero-order valence-electron chi connectivity index (χ0n) is 7.82. The van der Waals surface area contributed by atoms with Crippen molar-refractivity contribution in [2.75, 3.05) is 0 Å². The maximum absolute atomic E-state index is 6.10. The third kappa shape index (κ3) is 1.55. The van der Waals surface area contributed by atoms with E-state index in [2.05, 4.69) is 41.8 Å². The lowest BCUT2D eigenvalue weighted by molar-refractivity contribution is 1.46. The summed E-state index contributed by atoms with van der Waals surface area (Å²) < 4.78 is 3.69. The summed E-state index contributed by atoms with van der Waals surface area (Å²) in [6, 6.07) is 0. The molecule has 0 spiro atoms. The summed E-state index contributed by atoms with van der Waals surface area (Å²) in [5.74, 6) is 0. The molecule has 0 aliphatic carbocycles. The van der Waals surface area contributed by atoms with E-state index in [1.54, 1.807) is 11.3 Å². The molecular formula is C8H2B2IN2PS2. The van der Waals surface area contributed by atoms with Crippen LogP contribution in [0.5, 0.6) is 0 Å². The predicted octanol–water partition coefficient (Wildman–Crippen LogP) is 0.599. The van der Waals surface area contributed by atoms with Gasteiger partial charge in [0.1, 0.15) is 20.4 Å². The first-order valence-electron chi connectivity index (χ1n) is 4.27. The van der Waals surface area contributed by atoms with Gasteiger partial charge < -0.3 is 0 Å². The van der Waals surface area contributed by atoms with Crippen LogP contribution in [0.25, 0.3) is 20.4 Å². The van der Waals surface area contributed by atoms with Crippen molar-refractivity contribution in [2.24, 2.45) is 0 Å².